The fourth-order valence-electron chi connectivity index (χ4n) is 2.87. The molecule has 0 saturated carbocycles. The van der Waals surface area contributed by atoms with Crippen molar-refractivity contribution in [3.63, 3.8) is 0 Å². The van der Waals surface area contributed by atoms with Crippen molar-refractivity contribution in [3.8, 4) is 0 Å². The second kappa shape index (κ2) is 10.4. The standard InChI is InChI=1S/C20H20Cl4N2O2/c1-3-18(20(28)25-2)26(11-13-14(21)5-4-6-15(13)22)19(27)10-12-7-8-16(23)17(24)9-12/h4-9,18H,3,10-11H2,1-2H3,(H,25,28)/t18-/m1/s1. The molecule has 0 aliphatic rings. The number of likely N-dealkylation sites (N-methyl/N-ethyl adjacent to an activating group) is 1. The van der Waals surface area contributed by atoms with Gasteiger partial charge in [-0.1, -0.05) is 65.5 Å². The molecule has 0 heterocycles. The van der Waals surface area contributed by atoms with Gasteiger partial charge in [0.2, 0.25) is 11.8 Å². The molecule has 2 amide bonds. The van der Waals surface area contributed by atoms with E-state index in [1.165, 1.54) is 11.9 Å². The first-order valence-corrected chi connectivity index (χ1v) is 10.2. The molecule has 0 aromatic heterocycles. The quantitative estimate of drug-likeness (QED) is 0.600. The second-order valence-electron chi connectivity index (χ2n) is 6.19. The molecule has 0 spiro atoms. The molecule has 0 radical (unpaired) electrons. The lowest BCUT2D eigenvalue weighted by molar-refractivity contribution is -0.140. The molecule has 4 nitrogen and oxygen atoms in total. The molecule has 1 N–H and O–H groups in total. The Balaban J connectivity index is 2.37. The molecule has 2 aromatic carbocycles. The van der Waals surface area contributed by atoms with Gasteiger partial charge in [0, 0.05) is 29.2 Å². The average molecular weight is 462 g/mol. The van der Waals surface area contributed by atoms with Gasteiger partial charge in [-0.25, -0.2) is 0 Å². The Kier molecular flexibility index (Phi) is 8.44. The Morgan fingerprint density at radius 1 is 1.00 bits per heavy atom. The third-order valence-corrected chi connectivity index (χ3v) is 5.81. The van der Waals surface area contributed by atoms with Crippen molar-refractivity contribution in [2.45, 2.75) is 32.4 Å². The van der Waals surface area contributed by atoms with Gasteiger partial charge in [0.25, 0.3) is 0 Å². The molecule has 0 fully saturated rings. The Morgan fingerprint density at radius 2 is 1.64 bits per heavy atom. The van der Waals surface area contributed by atoms with Crippen LogP contribution >= 0.6 is 46.4 Å². The monoisotopic (exact) mass is 460 g/mol. The highest BCUT2D eigenvalue weighted by molar-refractivity contribution is 6.42. The summed E-state index contributed by atoms with van der Waals surface area (Å²) in [6.07, 6.45) is 0.501. The van der Waals surface area contributed by atoms with Crippen LogP contribution in [0.4, 0.5) is 0 Å². The number of carbonyl (C=O) groups is 2. The van der Waals surface area contributed by atoms with Crippen LogP contribution in [0.15, 0.2) is 36.4 Å². The Morgan fingerprint density at radius 3 is 2.18 bits per heavy atom. The Labute approximate surface area is 184 Å². The zero-order chi connectivity index (χ0) is 20.8. The topological polar surface area (TPSA) is 49.4 Å². The van der Waals surface area contributed by atoms with E-state index in [0.717, 1.165) is 0 Å². The summed E-state index contributed by atoms with van der Waals surface area (Å²) in [4.78, 5) is 27.0. The summed E-state index contributed by atoms with van der Waals surface area (Å²) in [6, 6.07) is 9.48. The van der Waals surface area contributed by atoms with Gasteiger partial charge in [0.05, 0.1) is 16.5 Å². The van der Waals surface area contributed by atoms with Crippen LogP contribution in [0, 0.1) is 0 Å². The highest BCUT2D eigenvalue weighted by atomic mass is 35.5. The molecule has 8 heteroatoms. The van der Waals surface area contributed by atoms with Crippen molar-refractivity contribution in [2.24, 2.45) is 0 Å². The van der Waals surface area contributed by atoms with Gasteiger partial charge >= 0.3 is 0 Å². The highest BCUT2D eigenvalue weighted by Crippen LogP contribution is 2.28. The molecule has 2 aromatic rings. The van der Waals surface area contributed by atoms with Crippen molar-refractivity contribution >= 4 is 58.2 Å². The summed E-state index contributed by atoms with van der Waals surface area (Å²) in [5.74, 6) is -0.502. The zero-order valence-corrected chi connectivity index (χ0v) is 18.5. The smallest absolute Gasteiger partial charge is 0.242 e. The number of nitrogens with one attached hydrogen (secondary N) is 1. The lowest BCUT2D eigenvalue weighted by Crippen LogP contribution is -2.48. The number of hydrogen-bond donors (Lipinski definition) is 1. The maximum Gasteiger partial charge on any atom is 0.242 e. The summed E-state index contributed by atoms with van der Waals surface area (Å²) in [6.45, 7) is 1.96. The van der Waals surface area contributed by atoms with Crippen molar-refractivity contribution in [2.75, 3.05) is 7.05 Å². The maximum atomic E-state index is 13.1. The third-order valence-electron chi connectivity index (χ3n) is 4.36. The number of benzene rings is 2. The van der Waals surface area contributed by atoms with E-state index in [-0.39, 0.29) is 24.8 Å². The predicted octanol–water partition coefficient (Wildman–Crippen LogP) is 5.40. The van der Waals surface area contributed by atoms with E-state index in [9.17, 15) is 9.59 Å². The molecular formula is C20H20Cl4N2O2. The normalized spacial score (nSPS) is 11.8. The minimum Gasteiger partial charge on any atom is -0.357 e. The van der Waals surface area contributed by atoms with Crippen molar-refractivity contribution in [1.82, 2.24) is 10.2 Å². The molecule has 1 atom stereocenters. The van der Waals surface area contributed by atoms with Crippen molar-refractivity contribution in [3.05, 3.63) is 67.6 Å². The predicted molar refractivity (Wildman–Crippen MR) is 115 cm³/mol. The molecule has 0 aliphatic heterocycles. The number of nitrogens with zero attached hydrogens (tertiary/aromatic N) is 1. The molecule has 0 bridgehead atoms. The first-order valence-electron chi connectivity index (χ1n) is 8.66. The minimum atomic E-state index is -0.660. The van der Waals surface area contributed by atoms with Gasteiger partial charge in [-0.3, -0.25) is 9.59 Å². The second-order valence-corrected chi connectivity index (χ2v) is 7.81. The first kappa shape index (κ1) is 22.8. The van der Waals surface area contributed by atoms with E-state index in [2.05, 4.69) is 5.32 Å². The van der Waals surface area contributed by atoms with Crippen LogP contribution in [0.1, 0.15) is 24.5 Å². The van der Waals surface area contributed by atoms with E-state index in [4.69, 9.17) is 46.4 Å². The Hall–Kier alpha value is -1.46. The molecule has 0 unspecified atom stereocenters. The molecule has 0 aliphatic carbocycles. The maximum absolute atomic E-state index is 13.1. The largest absolute Gasteiger partial charge is 0.357 e. The summed E-state index contributed by atoms with van der Waals surface area (Å²) < 4.78 is 0. The number of carbonyl (C=O) groups excluding carboxylic acids is 2. The summed E-state index contributed by atoms with van der Waals surface area (Å²) in [7, 11) is 1.54. The van der Waals surface area contributed by atoms with Crippen LogP contribution in [-0.2, 0) is 22.6 Å². The van der Waals surface area contributed by atoms with Crippen LogP contribution < -0.4 is 5.32 Å². The molecule has 2 rings (SSSR count). The number of rotatable bonds is 7. The van der Waals surface area contributed by atoms with E-state index in [0.29, 0.717) is 37.6 Å². The van der Waals surface area contributed by atoms with Gasteiger partial charge in [-0.15, -0.1) is 0 Å². The van der Waals surface area contributed by atoms with Gasteiger partial charge < -0.3 is 10.2 Å². The first-order chi connectivity index (χ1) is 13.3. The molecule has 150 valence electrons. The lowest BCUT2D eigenvalue weighted by atomic mass is 10.1. The Bertz CT molecular complexity index is 853. The molecule has 28 heavy (non-hydrogen) atoms. The number of hydrogen-bond acceptors (Lipinski definition) is 2. The van der Waals surface area contributed by atoms with Gasteiger partial charge in [-0.2, -0.15) is 0 Å². The van der Waals surface area contributed by atoms with Crippen molar-refractivity contribution < 1.29 is 9.59 Å². The van der Waals surface area contributed by atoms with Crippen LogP contribution in [0.2, 0.25) is 20.1 Å². The third kappa shape index (κ3) is 5.54. The van der Waals surface area contributed by atoms with Gasteiger partial charge in [0.1, 0.15) is 6.04 Å². The number of amides is 2. The molecular weight excluding hydrogens is 442 g/mol. The fraction of sp³-hybridized carbons (Fsp3) is 0.300. The zero-order valence-electron chi connectivity index (χ0n) is 15.4. The summed E-state index contributed by atoms with van der Waals surface area (Å²) in [5.41, 5.74) is 1.29. The minimum absolute atomic E-state index is 0.0620. The van der Waals surface area contributed by atoms with E-state index < -0.39 is 6.04 Å². The van der Waals surface area contributed by atoms with Crippen LogP contribution in [0.5, 0.6) is 0 Å². The van der Waals surface area contributed by atoms with Gasteiger partial charge in [0.15, 0.2) is 0 Å². The fourth-order valence-corrected chi connectivity index (χ4v) is 3.70. The van der Waals surface area contributed by atoms with Crippen LogP contribution in [0.3, 0.4) is 0 Å². The van der Waals surface area contributed by atoms with Crippen LogP contribution in [-0.4, -0.2) is 29.8 Å². The number of halogens is 4. The van der Waals surface area contributed by atoms with Gasteiger partial charge in [-0.05, 0) is 36.2 Å². The van der Waals surface area contributed by atoms with E-state index in [1.54, 1.807) is 36.4 Å². The van der Waals surface area contributed by atoms with E-state index in [1.807, 2.05) is 6.92 Å². The SMILES string of the molecule is CC[C@H](C(=O)NC)N(Cc1c(Cl)cccc1Cl)C(=O)Cc1ccc(Cl)c(Cl)c1. The molecule has 0 saturated heterocycles. The van der Waals surface area contributed by atoms with Crippen molar-refractivity contribution in [1.29, 1.82) is 0 Å². The van der Waals surface area contributed by atoms with E-state index >= 15 is 0 Å². The van der Waals surface area contributed by atoms with Crippen LogP contribution in [0.25, 0.3) is 0 Å². The highest BCUT2D eigenvalue weighted by Gasteiger charge is 2.29. The average Bonchev–Trinajstić information content (AvgIpc) is 2.66. The summed E-state index contributed by atoms with van der Waals surface area (Å²) in [5, 5.41) is 4.26. The summed E-state index contributed by atoms with van der Waals surface area (Å²) >= 11 is 24.6. The lowest BCUT2D eigenvalue weighted by Gasteiger charge is -2.31.